The van der Waals surface area contributed by atoms with Gasteiger partial charge in [-0.2, -0.15) is 5.10 Å². The van der Waals surface area contributed by atoms with Gasteiger partial charge in [-0.15, -0.1) is 0 Å². The first kappa shape index (κ1) is 22.9. The number of fused-ring (bicyclic) bond motifs is 1. The lowest BCUT2D eigenvalue weighted by Gasteiger charge is -2.20. The van der Waals surface area contributed by atoms with Crippen LogP contribution in [-0.2, 0) is 20.8 Å². The smallest absolute Gasteiger partial charge is 0.361 e. The van der Waals surface area contributed by atoms with Crippen LogP contribution in [0.4, 0.5) is 11.4 Å². The second-order valence-corrected chi connectivity index (χ2v) is 7.82. The van der Waals surface area contributed by atoms with Crippen LogP contribution in [-0.4, -0.2) is 33.5 Å². The van der Waals surface area contributed by atoms with Crippen LogP contribution in [0.5, 0.6) is 0 Å². The summed E-state index contributed by atoms with van der Waals surface area (Å²) in [5.74, 6) is -1.28. The maximum absolute atomic E-state index is 12.8. The predicted molar refractivity (Wildman–Crippen MR) is 120 cm³/mol. The van der Waals surface area contributed by atoms with Crippen LogP contribution in [0.1, 0.15) is 44.6 Å². The average Bonchev–Trinajstić information content (AvgIpc) is 2.80. The molecule has 0 bridgehead atoms. The van der Waals surface area contributed by atoms with E-state index in [1.165, 1.54) is 6.07 Å². The number of nitrogens with one attached hydrogen (secondary N) is 1. The number of esters is 2. The number of nitrogens with zero attached hydrogens (tertiary/aromatic N) is 3. The maximum Gasteiger partial charge on any atom is 0.361 e. The van der Waals surface area contributed by atoms with E-state index in [9.17, 15) is 14.4 Å². The van der Waals surface area contributed by atoms with Gasteiger partial charge in [-0.25, -0.2) is 9.48 Å². The summed E-state index contributed by atoms with van der Waals surface area (Å²) in [7, 11) is 0. The fraction of sp³-hybridized carbons (Fsp3) is 0.348. The number of anilines is 2. The minimum atomic E-state index is -0.812. The number of hydrogen-bond donors (Lipinski definition) is 1. The highest BCUT2D eigenvalue weighted by Gasteiger charge is 2.27. The van der Waals surface area contributed by atoms with E-state index in [0.29, 0.717) is 12.1 Å². The molecule has 0 aliphatic carbocycles. The third-order valence-electron chi connectivity index (χ3n) is 5.24. The molecule has 9 heteroatoms. The number of benzene rings is 1. The van der Waals surface area contributed by atoms with E-state index < -0.39 is 29.7 Å². The minimum Gasteiger partial charge on any atom is -0.427 e. The highest BCUT2D eigenvalue weighted by molar-refractivity contribution is 5.95. The van der Waals surface area contributed by atoms with Crippen molar-refractivity contribution in [1.29, 1.82) is 0 Å². The zero-order valence-corrected chi connectivity index (χ0v) is 18.5. The molecule has 0 spiro atoms. The van der Waals surface area contributed by atoms with Gasteiger partial charge in [0.2, 0.25) is 6.79 Å². The van der Waals surface area contributed by atoms with Crippen LogP contribution in [0.25, 0.3) is 10.8 Å². The van der Waals surface area contributed by atoms with Crippen molar-refractivity contribution >= 4 is 34.1 Å². The Kier molecular flexibility index (Phi) is 6.87. The van der Waals surface area contributed by atoms with Crippen molar-refractivity contribution in [3.05, 3.63) is 58.8 Å². The van der Waals surface area contributed by atoms with Crippen LogP contribution < -0.4 is 10.9 Å². The number of carbonyl (C=O) groups is 2. The third-order valence-corrected chi connectivity index (χ3v) is 5.24. The van der Waals surface area contributed by atoms with Crippen LogP contribution in [0, 0.1) is 5.41 Å². The van der Waals surface area contributed by atoms with Crippen LogP contribution in [0.3, 0.4) is 0 Å². The average molecular weight is 438 g/mol. The predicted octanol–water partition coefficient (Wildman–Crippen LogP) is 3.65. The van der Waals surface area contributed by atoms with Crippen molar-refractivity contribution in [3.63, 3.8) is 0 Å². The first-order valence-corrected chi connectivity index (χ1v) is 10.3. The molecule has 0 aliphatic rings. The van der Waals surface area contributed by atoms with E-state index in [1.54, 1.807) is 33.2 Å². The minimum absolute atomic E-state index is 0.0899. The van der Waals surface area contributed by atoms with Crippen molar-refractivity contribution in [2.75, 3.05) is 12.1 Å². The number of pyridine rings is 1. The van der Waals surface area contributed by atoms with Crippen LogP contribution in [0.15, 0.2) is 47.5 Å². The number of aromatic nitrogens is 3. The van der Waals surface area contributed by atoms with Gasteiger partial charge in [-0.3, -0.25) is 14.6 Å². The van der Waals surface area contributed by atoms with Gasteiger partial charge >= 0.3 is 11.9 Å². The largest absolute Gasteiger partial charge is 0.427 e. The van der Waals surface area contributed by atoms with Crippen molar-refractivity contribution < 1.29 is 19.1 Å². The SMILES string of the molecule is CCn1nc(C(=O)OCOC(=O)C(C)(C)CC)cc(Nc2cncc3ccccc23)c1=O. The molecule has 32 heavy (non-hydrogen) atoms. The molecule has 9 nitrogen and oxygen atoms in total. The number of carbonyl (C=O) groups excluding carboxylic acids is 2. The molecule has 0 unspecified atom stereocenters. The fourth-order valence-electron chi connectivity index (χ4n) is 2.86. The van der Waals surface area contributed by atoms with E-state index in [0.717, 1.165) is 15.5 Å². The Morgan fingerprint density at radius 2 is 1.84 bits per heavy atom. The number of ether oxygens (including phenoxy) is 2. The van der Waals surface area contributed by atoms with Gasteiger partial charge in [-0.1, -0.05) is 31.2 Å². The molecule has 0 fully saturated rings. The van der Waals surface area contributed by atoms with Crippen molar-refractivity contribution in [1.82, 2.24) is 14.8 Å². The molecule has 0 amide bonds. The van der Waals surface area contributed by atoms with Gasteiger partial charge in [0.05, 0.1) is 17.3 Å². The maximum atomic E-state index is 12.8. The Morgan fingerprint density at radius 1 is 1.09 bits per heavy atom. The summed E-state index contributed by atoms with van der Waals surface area (Å²) in [5, 5.41) is 8.88. The van der Waals surface area contributed by atoms with Gasteiger partial charge in [0.15, 0.2) is 5.69 Å². The normalized spacial score (nSPS) is 11.2. The highest BCUT2D eigenvalue weighted by atomic mass is 16.7. The lowest BCUT2D eigenvalue weighted by molar-refractivity contribution is -0.162. The molecular weight excluding hydrogens is 412 g/mol. The molecule has 3 aromatic rings. The zero-order valence-electron chi connectivity index (χ0n) is 18.5. The molecule has 0 saturated carbocycles. The molecule has 3 rings (SSSR count). The van der Waals surface area contributed by atoms with Gasteiger partial charge in [0.25, 0.3) is 5.56 Å². The second kappa shape index (κ2) is 9.59. The van der Waals surface area contributed by atoms with Gasteiger partial charge in [0.1, 0.15) is 5.69 Å². The first-order valence-electron chi connectivity index (χ1n) is 10.3. The van der Waals surface area contributed by atoms with Crippen LogP contribution in [0.2, 0.25) is 0 Å². The first-order chi connectivity index (χ1) is 15.3. The molecule has 2 heterocycles. The Morgan fingerprint density at radius 3 is 2.56 bits per heavy atom. The summed E-state index contributed by atoms with van der Waals surface area (Å²) >= 11 is 0. The highest BCUT2D eigenvalue weighted by Crippen LogP contribution is 2.24. The van der Waals surface area contributed by atoms with Crippen LogP contribution >= 0.6 is 0 Å². The summed E-state index contributed by atoms with van der Waals surface area (Å²) in [6, 6.07) is 8.91. The Balaban J connectivity index is 1.83. The number of aryl methyl sites for hydroxylation is 1. The molecule has 168 valence electrons. The van der Waals surface area contributed by atoms with Gasteiger partial charge in [0, 0.05) is 29.6 Å². The number of hydrogen-bond acceptors (Lipinski definition) is 8. The Hall–Kier alpha value is -3.75. The molecule has 2 aromatic heterocycles. The lowest BCUT2D eigenvalue weighted by atomic mass is 9.91. The third kappa shape index (κ3) is 4.93. The topological polar surface area (TPSA) is 112 Å². The Bertz CT molecular complexity index is 1200. The quantitative estimate of drug-likeness (QED) is 0.419. The van der Waals surface area contributed by atoms with E-state index in [4.69, 9.17) is 9.47 Å². The van der Waals surface area contributed by atoms with E-state index in [-0.39, 0.29) is 17.9 Å². The molecule has 0 saturated heterocycles. The van der Waals surface area contributed by atoms with Crippen molar-refractivity contribution in [3.8, 4) is 0 Å². The standard InChI is InChI=1S/C23H26N4O5/c1-5-23(3,4)22(30)32-14-31-21(29)18-11-17(20(28)27(6-2)26-18)25-19-13-24-12-15-9-7-8-10-16(15)19/h7-13,25H,5-6,14H2,1-4H3. The molecule has 0 atom stereocenters. The molecule has 0 radical (unpaired) electrons. The van der Waals surface area contributed by atoms with Gasteiger partial charge < -0.3 is 14.8 Å². The summed E-state index contributed by atoms with van der Waals surface area (Å²) in [4.78, 5) is 41.5. The molecule has 1 N–H and O–H groups in total. The monoisotopic (exact) mass is 438 g/mol. The molecule has 1 aromatic carbocycles. The Labute approximate surface area is 185 Å². The van der Waals surface area contributed by atoms with E-state index in [2.05, 4.69) is 15.4 Å². The summed E-state index contributed by atoms with van der Waals surface area (Å²) in [6.07, 6.45) is 3.91. The van der Waals surface area contributed by atoms with Crippen molar-refractivity contribution in [2.24, 2.45) is 5.41 Å². The molecular formula is C23H26N4O5. The van der Waals surface area contributed by atoms with E-state index >= 15 is 0 Å². The number of rotatable bonds is 8. The second-order valence-electron chi connectivity index (χ2n) is 7.82. The summed E-state index contributed by atoms with van der Waals surface area (Å²) in [5.41, 5.74) is -0.398. The van der Waals surface area contributed by atoms with E-state index in [1.807, 2.05) is 31.2 Å². The summed E-state index contributed by atoms with van der Waals surface area (Å²) < 4.78 is 11.3. The van der Waals surface area contributed by atoms with Crippen molar-refractivity contribution in [2.45, 2.75) is 40.7 Å². The lowest BCUT2D eigenvalue weighted by Crippen LogP contribution is -2.29. The van der Waals surface area contributed by atoms with Gasteiger partial charge in [-0.05, 0) is 27.2 Å². The fourth-order valence-corrected chi connectivity index (χ4v) is 2.86. The zero-order chi connectivity index (χ0) is 23.3. The molecule has 0 aliphatic heterocycles. The summed E-state index contributed by atoms with van der Waals surface area (Å²) in [6.45, 7) is 6.81.